The van der Waals surface area contributed by atoms with Crippen LogP contribution in [-0.4, -0.2) is 35.4 Å². The summed E-state index contributed by atoms with van der Waals surface area (Å²) in [6.45, 7) is 1.45. The minimum absolute atomic E-state index is 0.269. The van der Waals surface area contributed by atoms with Crippen LogP contribution in [0.2, 0.25) is 0 Å². The molecule has 1 fully saturated rings. The van der Waals surface area contributed by atoms with E-state index >= 15 is 0 Å². The number of rotatable bonds is 2. The lowest BCUT2D eigenvalue weighted by Crippen LogP contribution is -2.37. The number of carbonyl (C=O) groups excluding carboxylic acids is 2. The molecule has 0 atom stereocenters. The summed E-state index contributed by atoms with van der Waals surface area (Å²) in [7, 11) is 0. The van der Waals surface area contributed by atoms with E-state index in [1.807, 2.05) is 0 Å². The van der Waals surface area contributed by atoms with Crippen molar-refractivity contribution < 1.29 is 14.3 Å². The molecule has 2 heterocycles. The Morgan fingerprint density at radius 2 is 2.12 bits per heavy atom. The van der Waals surface area contributed by atoms with Gasteiger partial charge in [0.25, 0.3) is 0 Å². The number of nitrogens with zero attached hydrogens (tertiary/aromatic N) is 2. The fraction of sp³-hybridized carbons (Fsp3) is 0.417. The molecule has 0 spiro atoms. The predicted molar refractivity (Wildman–Crippen MR) is 61.1 cm³/mol. The molecule has 1 aromatic rings. The first-order chi connectivity index (χ1) is 8.31. The molecule has 90 valence electrons. The molecule has 0 bridgehead atoms. The van der Waals surface area contributed by atoms with E-state index in [0.29, 0.717) is 6.29 Å². The number of carbonyl (C=O) groups is 2. The van der Waals surface area contributed by atoms with Gasteiger partial charge in [-0.05, 0) is 19.3 Å². The Morgan fingerprint density at radius 3 is 2.82 bits per heavy atom. The second kappa shape index (κ2) is 5.43. The summed E-state index contributed by atoms with van der Waals surface area (Å²) in [6, 6.07) is 1.52. The van der Waals surface area contributed by atoms with Crippen molar-refractivity contribution in [1.29, 1.82) is 0 Å². The Kier molecular flexibility index (Phi) is 3.69. The first-order valence-corrected chi connectivity index (χ1v) is 5.67. The fourth-order valence-corrected chi connectivity index (χ4v) is 1.81. The Hall–Kier alpha value is -1.91. The lowest BCUT2D eigenvalue weighted by Gasteiger charge is -2.25. The molecule has 5 nitrogen and oxygen atoms in total. The zero-order valence-electron chi connectivity index (χ0n) is 9.46. The molecule has 0 unspecified atom stereocenters. The Balaban J connectivity index is 2.04. The first-order valence-electron chi connectivity index (χ1n) is 5.67. The number of aldehydes is 1. The van der Waals surface area contributed by atoms with Gasteiger partial charge in [0.2, 0.25) is 0 Å². The van der Waals surface area contributed by atoms with Gasteiger partial charge in [-0.15, -0.1) is 0 Å². The highest BCUT2D eigenvalue weighted by molar-refractivity contribution is 5.81. The highest BCUT2D eigenvalue weighted by Crippen LogP contribution is 2.17. The molecule has 1 aliphatic rings. The van der Waals surface area contributed by atoms with Crippen molar-refractivity contribution in [2.45, 2.75) is 19.3 Å². The van der Waals surface area contributed by atoms with Crippen LogP contribution in [0.4, 0.5) is 4.79 Å². The quantitative estimate of drug-likeness (QED) is 0.733. The van der Waals surface area contributed by atoms with E-state index in [-0.39, 0.29) is 17.4 Å². The standard InChI is InChI=1S/C12H14N2O3/c15-9-10-8-13-5-4-11(10)17-12(16)14-6-2-1-3-7-14/h4-5,8-9H,1-3,6-7H2. The number of hydrogen-bond acceptors (Lipinski definition) is 4. The topological polar surface area (TPSA) is 59.5 Å². The Labute approximate surface area is 99.4 Å². The Morgan fingerprint density at radius 1 is 1.35 bits per heavy atom. The highest BCUT2D eigenvalue weighted by atomic mass is 16.6. The number of ether oxygens (including phenoxy) is 1. The molecular weight excluding hydrogens is 220 g/mol. The normalized spacial score (nSPS) is 15.4. The van der Waals surface area contributed by atoms with Crippen LogP contribution in [-0.2, 0) is 0 Å². The molecule has 0 radical (unpaired) electrons. The first kappa shape index (κ1) is 11.6. The fourth-order valence-electron chi connectivity index (χ4n) is 1.81. The van der Waals surface area contributed by atoms with Gasteiger partial charge in [-0.1, -0.05) is 0 Å². The maximum absolute atomic E-state index is 11.8. The van der Waals surface area contributed by atoms with Gasteiger partial charge in [0.05, 0.1) is 5.56 Å². The summed E-state index contributed by atoms with van der Waals surface area (Å²) in [6.07, 6.45) is 6.28. The minimum atomic E-state index is -0.390. The summed E-state index contributed by atoms with van der Waals surface area (Å²) in [5.74, 6) is 0.269. The largest absolute Gasteiger partial charge is 0.415 e. The van der Waals surface area contributed by atoms with Crippen molar-refractivity contribution in [2.75, 3.05) is 13.1 Å². The minimum Gasteiger partial charge on any atom is -0.409 e. The van der Waals surface area contributed by atoms with E-state index in [2.05, 4.69) is 4.98 Å². The Bertz CT molecular complexity index is 414. The number of amides is 1. The summed E-state index contributed by atoms with van der Waals surface area (Å²) in [5.41, 5.74) is 0.290. The molecule has 0 aliphatic carbocycles. The van der Waals surface area contributed by atoms with Crippen molar-refractivity contribution in [3.05, 3.63) is 24.0 Å². The summed E-state index contributed by atoms with van der Waals surface area (Å²) in [5, 5.41) is 0. The summed E-state index contributed by atoms with van der Waals surface area (Å²) in [4.78, 5) is 28.0. The third-order valence-electron chi connectivity index (χ3n) is 2.75. The number of likely N-dealkylation sites (tertiary alicyclic amines) is 1. The third-order valence-corrected chi connectivity index (χ3v) is 2.75. The molecule has 5 heteroatoms. The third kappa shape index (κ3) is 2.81. The van der Waals surface area contributed by atoms with Gasteiger partial charge in [0, 0.05) is 31.5 Å². The van der Waals surface area contributed by atoms with Gasteiger partial charge in [-0.2, -0.15) is 0 Å². The molecule has 0 saturated carbocycles. The van der Waals surface area contributed by atoms with E-state index in [1.165, 1.54) is 18.5 Å². The van der Waals surface area contributed by atoms with Crippen molar-refractivity contribution in [1.82, 2.24) is 9.88 Å². The summed E-state index contributed by atoms with van der Waals surface area (Å²) < 4.78 is 5.19. The lowest BCUT2D eigenvalue weighted by molar-refractivity contribution is 0.111. The van der Waals surface area contributed by atoms with Crippen molar-refractivity contribution >= 4 is 12.4 Å². The average molecular weight is 234 g/mol. The summed E-state index contributed by atoms with van der Waals surface area (Å²) >= 11 is 0. The number of piperidine rings is 1. The van der Waals surface area contributed by atoms with E-state index in [4.69, 9.17) is 4.74 Å². The molecule has 17 heavy (non-hydrogen) atoms. The molecular formula is C12H14N2O3. The maximum Gasteiger partial charge on any atom is 0.415 e. The van der Waals surface area contributed by atoms with Crippen LogP contribution in [0.15, 0.2) is 18.5 Å². The number of pyridine rings is 1. The van der Waals surface area contributed by atoms with Gasteiger partial charge >= 0.3 is 6.09 Å². The number of hydrogen-bond donors (Lipinski definition) is 0. The van der Waals surface area contributed by atoms with Gasteiger partial charge < -0.3 is 9.64 Å². The molecule has 1 aromatic heterocycles. The second-order valence-corrected chi connectivity index (χ2v) is 3.95. The smallest absolute Gasteiger partial charge is 0.409 e. The van der Waals surface area contributed by atoms with E-state index in [0.717, 1.165) is 32.4 Å². The number of aromatic nitrogens is 1. The van der Waals surface area contributed by atoms with Crippen LogP contribution in [0.25, 0.3) is 0 Å². The van der Waals surface area contributed by atoms with E-state index in [9.17, 15) is 9.59 Å². The van der Waals surface area contributed by atoms with E-state index < -0.39 is 0 Å². The molecule has 1 saturated heterocycles. The average Bonchev–Trinajstić information content (AvgIpc) is 2.40. The van der Waals surface area contributed by atoms with E-state index in [1.54, 1.807) is 4.90 Å². The molecule has 0 aromatic carbocycles. The second-order valence-electron chi connectivity index (χ2n) is 3.95. The van der Waals surface area contributed by atoms with Crippen molar-refractivity contribution in [3.8, 4) is 5.75 Å². The highest BCUT2D eigenvalue weighted by Gasteiger charge is 2.19. The lowest BCUT2D eigenvalue weighted by atomic mass is 10.1. The maximum atomic E-state index is 11.8. The SMILES string of the molecule is O=Cc1cnccc1OC(=O)N1CCCCC1. The van der Waals surface area contributed by atoms with Crippen LogP contribution in [0.3, 0.4) is 0 Å². The van der Waals surface area contributed by atoms with Crippen molar-refractivity contribution in [3.63, 3.8) is 0 Å². The van der Waals surface area contributed by atoms with Crippen LogP contribution in [0.5, 0.6) is 5.75 Å². The zero-order valence-corrected chi connectivity index (χ0v) is 9.46. The molecule has 2 rings (SSSR count). The van der Waals surface area contributed by atoms with Crippen LogP contribution < -0.4 is 4.74 Å². The van der Waals surface area contributed by atoms with Crippen LogP contribution in [0, 0.1) is 0 Å². The van der Waals surface area contributed by atoms with Gasteiger partial charge in [0.1, 0.15) is 5.75 Å². The monoisotopic (exact) mass is 234 g/mol. The molecule has 1 amide bonds. The van der Waals surface area contributed by atoms with Gasteiger partial charge in [-0.3, -0.25) is 9.78 Å². The molecule has 0 N–H and O–H groups in total. The van der Waals surface area contributed by atoms with Crippen LogP contribution >= 0.6 is 0 Å². The van der Waals surface area contributed by atoms with Crippen molar-refractivity contribution in [2.24, 2.45) is 0 Å². The zero-order chi connectivity index (χ0) is 12.1. The van der Waals surface area contributed by atoms with Gasteiger partial charge in [-0.25, -0.2) is 4.79 Å². The predicted octanol–water partition coefficient (Wildman–Crippen LogP) is 1.88. The van der Waals surface area contributed by atoms with Gasteiger partial charge in [0.15, 0.2) is 6.29 Å². The molecule has 1 aliphatic heterocycles. The van der Waals surface area contributed by atoms with Crippen LogP contribution in [0.1, 0.15) is 29.6 Å².